The summed E-state index contributed by atoms with van der Waals surface area (Å²) in [5, 5.41) is 6.17. The number of benzene rings is 1. The highest BCUT2D eigenvalue weighted by molar-refractivity contribution is 5.80. The van der Waals surface area contributed by atoms with Gasteiger partial charge in [0.05, 0.1) is 12.1 Å². The Labute approximate surface area is 146 Å². The molecule has 0 unspecified atom stereocenters. The number of rotatable bonds is 7. The Balaban J connectivity index is 2.48. The first-order valence-electron chi connectivity index (χ1n) is 8.12. The van der Waals surface area contributed by atoms with Crippen LogP contribution in [0.1, 0.15) is 24.5 Å². The molecule has 0 saturated carbocycles. The van der Waals surface area contributed by atoms with Crippen LogP contribution in [0.5, 0.6) is 0 Å². The summed E-state index contributed by atoms with van der Waals surface area (Å²) < 4.78 is 37.6. The number of carbonyl (C=O) groups excluding carboxylic acids is 1. The van der Waals surface area contributed by atoms with E-state index in [9.17, 15) is 18.0 Å². The summed E-state index contributed by atoms with van der Waals surface area (Å²) in [4.78, 5) is 17.3. The molecule has 0 radical (unpaired) electrons. The average Bonchev–Trinajstić information content (AvgIpc) is 2.54. The van der Waals surface area contributed by atoms with Gasteiger partial charge >= 0.3 is 6.18 Å². The lowest BCUT2D eigenvalue weighted by Gasteiger charge is -2.12. The van der Waals surface area contributed by atoms with Crippen molar-refractivity contribution in [3.05, 3.63) is 35.4 Å². The molecule has 1 aromatic rings. The van der Waals surface area contributed by atoms with E-state index in [1.165, 1.54) is 17.0 Å². The molecule has 1 rings (SSSR count). The Morgan fingerprint density at radius 3 is 2.32 bits per heavy atom. The first-order valence-corrected chi connectivity index (χ1v) is 8.12. The second kappa shape index (κ2) is 9.90. The maximum atomic E-state index is 12.5. The number of carbonyl (C=O) groups is 1. The zero-order chi connectivity index (χ0) is 18.9. The quantitative estimate of drug-likeness (QED) is 0.581. The van der Waals surface area contributed by atoms with Crippen LogP contribution in [0.4, 0.5) is 13.2 Å². The van der Waals surface area contributed by atoms with Gasteiger partial charge < -0.3 is 15.5 Å². The highest BCUT2D eigenvalue weighted by Crippen LogP contribution is 2.29. The molecule has 0 heterocycles. The summed E-state index contributed by atoms with van der Waals surface area (Å²) in [5.41, 5.74) is 0.156. The minimum absolute atomic E-state index is 0.00403. The van der Waals surface area contributed by atoms with Gasteiger partial charge in [-0.3, -0.25) is 9.79 Å². The Morgan fingerprint density at radius 2 is 1.80 bits per heavy atom. The van der Waals surface area contributed by atoms with E-state index in [0.29, 0.717) is 38.4 Å². The van der Waals surface area contributed by atoms with Crippen LogP contribution in [0.25, 0.3) is 0 Å². The van der Waals surface area contributed by atoms with Crippen molar-refractivity contribution in [1.29, 1.82) is 0 Å². The van der Waals surface area contributed by atoms with Crippen molar-refractivity contribution < 1.29 is 18.0 Å². The fourth-order valence-corrected chi connectivity index (χ4v) is 2.01. The van der Waals surface area contributed by atoms with Crippen molar-refractivity contribution in [2.24, 2.45) is 4.99 Å². The summed E-state index contributed by atoms with van der Waals surface area (Å²) in [7, 11) is 3.39. The minimum Gasteiger partial charge on any atom is -0.357 e. The van der Waals surface area contributed by atoms with Crippen LogP contribution >= 0.6 is 0 Å². The molecule has 25 heavy (non-hydrogen) atoms. The molecule has 0 aromatic heterocycles. The number of hydrogen-bond acceptors (Lipinski definition) is 2. The smallest absolute Gasteiger partial charge is 0.357 e. The predicted octanol–water partition coefficient (Wildman–Crippen LogP) is 2.28. The molecule has 5 nitrogen and oxygen atoms in total. The van der Waals surface area contributed by atoms with Crippen molar-refractivity contribution in [3.63, 3.8) is 0 Å². The highest BCUT2D eigenvalue weighted by atomic mass is 19.4. The lowest BCUT2D eigenvalue weighted by Crippen LogP contribution is -2.38. The van der Waals surface area contributed by atoms with Gasteiger partial charge in [-0.1, -0.05) is 12.1 Å². The monoisotopic (exact) mass is 358 g/mol. The standard InChI is InChI=1S/C17H25F3N4O/c1-4-21-16(23-12-10-15(25)24(2)3)22-11-9-13-5-7-14(8-6-13)17(18,19)20/h5-8H,4,9-12H2,1-3H3,(H2,21,22,23). The number of amides is 1. The summed E-state index contributed by atoms with van der Waals surface area (Å²) in [6.45, 7) is 3.50. The van der Waals surface area contributed by atoms with Gasteiger partial charge in [0, 0.05) is 33.6 Å². The lowest BCUT2D eigenvalue weighted by molar-refractivity contribution is -0.137. The van der Waals surface area contributed by atoms with E-state index in [0.717, 1.165) is 17.7 Å². The van der Waals surface area contributed by atoms with Crippen molar-refractivity contribution in [1.82, 2.24) is 15.5 Å². The lowest BCUT2D eigenvalue weighted by atomic mass is 10.1. The van der Waals surface area contributed by atoms with Crippen molar-refractivity contribution in [3.8, 4) is 0 Å². The SMILES string of the molecule is CCNC(=NCCC(=O)N(C)C)NCCc1ccc(C(F)(F)F)cc1. The topological polar surface area (TPSA) is 56.7 Å². The average molecular weight is 358 g/mol. The molecule has 1 amide bonds. The largest absolute Gasteiger partial charge is 0.416 e. The van der Waals surface area contributed by atoms with Crippen LogP contribution < -0.4 is 10.6 Å². The van der Waals surface area contributed by atoms with E-state index in [1.807, 2.05) is 6.92 Å². The molecular formula is C17H25F3N4O. The molecule has 0 bridgehead atoms. The van der Waals surface area contributed by atoms with Gasteiger partial charge in [-0.2, -0.15) is 13.2 Å². The van der Waals surface area contributed by atoms with Crippen molar-refractivity contribution >= 4 is 11.9 Å². The zero-order valence-electron chi connectivity index (χ0n) is 14.8. The molecule has 0 fully saturated rings. The molecular weight excluding hydrogens is 333 g/mol. The molecule has 1 aromatic carbocycles. The first kappa shape index (κ1) is 20.8. The summed E-state index contributed by atoms with van der Waals surface area (Å²) in [5.74, 6) is 0.588. The number of guanidine groups is 1. The molecule has 2 N–H and O–H groups in total. The maximum absolute atomic E-state index is 12.5. The Kier molecular flexibility index (Phi) is 8.24. The zero-order valence-corrected chi connectivity index (χ0v) is 14.8. The number of alkyl halides is 3. The van der Waals surface area contributed by atoms with Gasteiger partial charge in [0.2, 0.25) is 5.91 Å². The molecule has 0 aliphatic rings. The van der Waals surface area contributed by atoms with Crippen LogP contribution in [-0.2, 0) is 17.4 Å². The van der Waals surface area contributed by atoms with Crippen LogP contribution in [0, 0.1) is 0 Å². The van der Waals surface area contributed by atoms with Crippen molar-refractivity contribution in [2.75, 3.05) is 33.7 Å². The number of halogens is 3. The number of aliphatic imine (C=N–C) groups is 1. The normalized spacial score (nSPS) is 12.0. The molecule has 0 aliphatic heterocycles. The highest BCUT2D eigenvalue weighted by Gasteiger charge is 2.29. The van der Waals surface area contributed by atoms with E-state index in [4.69, 9.17) is 0 Å². The van der Waals surface area contributed by atoms with Gasteiger partial charge in [-0.05, 0) is 31.0 Å². The first-order chi connectivity index (χ1) is 11.7. The summed E-state index contributed by atoms with van der Waals surface area (Å²) >= 11 is 0. The predicted molar refractivity (Wildman–Crippen MR) is 92.4 cm³/mol. The van der Waals surface area contributed by atoms with Crippen molar-refractivity contribution in [2.45, 2.75) is 25.9 Å². The van der Waals surface area contributed by atoms with E-state index < -0.39 is 11.7 Å². The van der Waals surface area contributed by atoms with Crippen LogP contribution in [0.3, 0.4) is 0 Å². The molecule has 0 spiro atoms. The van der Waals surface area contributed by atoms with Gasteiger partial charge in [0.1, 0.15) is 0 Å². The molecule has 0 saturated heterocycles. The number of nitrogens with one attached hydrogen (secondary N) is 2. The van der Waals surface area contributed by atoms with Gasteiger partial charge in [0.15, 0.2) is 5.96 Å². The fraction of sp³-hybridized carbons (Fsp3) is 0.529. The van der Waals surface area contributed by atoms with Crippen LogP contribution in [0.2, 0.25) is 0 Å². The van der Waals surface area contributed by atoms with E-state index >= 15 is 0 Å². The van der Waals surface area contributed by atoms with Gasteiger partial charge in [-0.15, -0.1) is 0 Å². The van der Waals surface area contributed by atoms with Crippen LogP contribution in [0.15, 0.2) is 29.3 Å². The van der Waals surface area contributed by atoms with Gasteiger partial charge in [0.25, 0.3) is 0 Å². The maximum Gasteiger partial charge on any atom is 0.416 e. The third-order valence-corrected chi connectivity index (χ3v) is 3.43. The molecule has 140 valence electrons. The summed E-state index contributed by atoms with van der Waals surface area (Å²) in [6, 6.07) is 5.12. The van der Waals surface area contributed by atoms with E-state index in [1.54, 1.807) is 14.1 Å². The number of nitrogens with zero attached hydrogens (tertiary/aromatic N) is 2. The second-order valence-electron chi connectivity index (χ2n) is 5.67. The van der Waals surface area contributed by atoms with Crippen LogP contribution in [-0.4, -0.2) is 50.5 Å². The Hall–Kier alpha value is -2.25. The number of hydrogen-bond donors (Lipinski definition) is 2. The van der Waals surface area contributed by atoms with E-state index in [2.05, 4.69) is 15.6 Å². The van der Waals surface area contributed by atoms with Gasteiger partial charge in [-0.25, -0.2) is 0 Å². The third kappa shape index (κ3) is 7.91. The van der Waals surface area contributed by atoms with E-state index in [-0.39, 0.29) is 5.91 Å². The molecule has 0 aliphatic carbocycles. The Bertz CT molecular complexity index is 568. The molecule has 0 atom stereocenters. The summed E-state index contributed by atoms with van der Waals surface area (Å²) in [6.07, 6.45) is -3.42. The molecule has 8 heteroatoms. The minimum atomic E-state index is -4.31. The third-order valence-electron chi connectivity index (χ3n) is 3.43. The fourth-order valence-electron chi connectivity index (χ4n) is 2.01. The Morgan fingerprint density at radius 1 is 1.16 bits per heavy atom. The second-order valence-corrected chi connectivity index (χ2v) is 5.67.